The fraction of sp³-hybridized carbons (Fsp3) is 0.562. The highest BCUT2D eigenvalue weighted by molar-refractivity contribution is 7.90. The Labute approximate surface area is 249 Å². The zero-order valence-corrected chi connectivity index (χ0v) is 25.7. The summed E-state index contributed by atoms with van der Waals surface area (Å²) in [6.45, 7) is 4.05. The van der Waals surface area contributed by atoms with E-state index in [1.165, 1.54) is 19.3 Å². The summed E-state index contributed by atoms with van der Waals surface area (Å²) in [6, 6.07) is 12.3. The highest BCUT2D eigenvalue weighted by Crippen LogP contribution is 2.31. The SMILES string of the molecule is COC[C@H]1CC(OC2CCCCC2)CN1Cc1ccc(C(=O)N[C@@H](CCS(C)(=O)=O)C(=O)O)c(-c2ccccc2C)c1. The molecule has 1 heterocycles. The molecule has 1 aliphatic carbocycles. The molecule has 2 N–H and O–H groups in total. The first-order valence-corrected chi connectivity index (χ1v) is 16.9. The van der Waals surface area contributed by atoms with Crippen molar-refractivity contribution in [3.05, 3.63) is 59.2 Å². The summed E-state index contributed by atoms with van der Waals surface area (Å²) in [5.41, 5.74) is 3.92. The summed E-state index contributed by atoms with van der Waals surface area (Å²) in [6.07, 6.45) is 8.26. The molecule has 3 atom stereocenters. The number of rotatable bonds is 13. The molecule has 2 aliphatic rings. The van der Waals surface area contributed by atoms with Gasteiger partial charge in [-0.15, -0.1) is 0 Å². The highest BCUT2D eigenvalue weighted by Gasteiger charge is 2.34. The number of nitrogens with one attached hydrogen (secondary N) is 1. The van der Waals surface area contributed by atoms with E-state index in [1.54, 1.807) is 13.2 Å². The van der Waals surface area contributed by atoms with Gasteiger partial charge in [0, 0.05) is 38.1 Å². The second kappa shape index (κ2) is 14.6. The van der Waals surface area contributed by atoms with Gasteiger partial charge in [0.2, 0.25) is 0 Å². The van der Waals surface area contributed by atoms with Crippen LogP contribution in [0.2, 0.25) is 0 Å². The molecular weight excluding hydrogens is 556 g/mol. The summed E-state index contributed by atoms with van der Waals surface area (Å²) in [7, 11) is -1.67. The first-order valence-electron chi connectivity index (χ1n) is 14.8. The Morgan fingerprint density at radius 3 is 2.48 bits per heavy atom. The van der Waals surface area contributed by atoms with Gasteiger partial charge in [0.25, 0.3) is 5.91 Å². The van der Waals surface area contributed by atoms with Gasteiger partial charge in [-0.2, -0.15) is 0 Å². The van der Waals surface area contributed by atoms with Crippen molar-refractivity contribution >= 4 is 21.7 Å². The topological polar surface area (TPSA) is 122 Å². The first-order chi connectivity index (χ1) is 20.0. The summed E-state index contributed by atoms with van der Waals surface area (Å²) in [5, 5.41) is 12.2. The van der Waals surface area contributed by atoms with Crippen molar-refractivity contribution in [3.8, 4) is 11.1 Å². The van der Waals surface area contributed by atoms with E-state index in [-0.39, 0.29) is 24.3 Å². The second-order valence-electron chi connectivity index (χ2n) is 11.8. The molecule has 2 aromatic carbocycles. The molecule has 1 saturated carbocycles. The van der Waals surface area contributed by atoms with Gasteiger partial charge in [-0.05, 0) is 67.0 Å². The van der Waals surface area contributed by atoms with Crippen LogP contribution in [0, 0.1) is 6.92 Å². The number of carboxylic acids is 1. The maximum Gasteiger partial charge on any atom is 0.326 e. The summed E-state index contributed by atoms with van der Waals surface area (Å²) >= 11 is 0. The number of aryl methyl sites for hydroxylation is 1. The van der Waals surface area contributed by atoms with Gasteiger partial charge in [0.1, 0.15) is 15.9 Å². The maximum absolute atomic E-state index is 13.4. The molecular formula is C32H44N2O7S. The van der Waals surface area contributed by atoms with Crippen LogP contribution in [0.4, 0.5) is 0 Å². The number of ether oxygens (including phenoxy) is 2. The quantitative estimate of drug-likeness (QED) is 0.351. The van der Waals surface area contributed by atoms with Crippen molar-refractivity contribution in [3.63, 3.8) is 0 Å². The van der Waals surface area contributed by atoms with E-state index in [2.05, 4.69) is 10.2 Å². The van der Waals surface area contributed by atoms with Crippen LogP contribution >= 0.6 is 0 Å². The zero-order chi connectivity index (χ0) is 30.3. The Kier molecular flexibility index (Phi) is 11.2. The van der Waals surface area contributed by atoms with Crippen LogP contribution in [0.3, 0.4) is 0 Å². The highest BCUT2D eigenvalue weighted by atomic mass is 32.2. The molecule has 4 rings (SSSR count). The zero-order valence-electron chi connectivity index (χ0n) is 24.9. The van der Waals surface area contributed by atoms with Gasteiger partial charge in [0.15, 0.2) is 0 Å². The maximum atomic E-state index is 13.4. The molecule has 2 fully saturated rings. The van der Waals surface area contributed by atoms with Gasteiger partial charge < -0.3 is 19.9 Å². The number of methoxy groups -OCH3 is 1. The Morgan fingerprint density at radius 1 is 1.07 bits per heavy atom. The fourth-order valence-corrected chi connectivity index (χ4v) is 6.78. The number of carbonyl (C=O) groups is 2. The first kappa shape index (κ1) is 32.1. The lowest BCUT2D eigenvalue weighted by Crippen LogP contribution is -2.42. The number of carboxylic acid groups (broad SMARTS) is 1. The largest absolute Gasteiger partial charge is 0.480 e. The predicted octanol–water partition coefficient (Wildman–Crippen LogP) is 4.22. The van der Waals surface area contributed by atoms with E-state index in [1.807, 2.05) is 43.3 Å². The van der Waals surface area contributed by atoms with Crippen LogP contribution in [0.1, 0.15) is 66.4 Å². The number of amides is 1. The molecule has 1 aliphatic heterocycles. The van der Waals surface area contributed by atoms with Gasteiger partial charge >= 0.3 is 5.97 Å². The summed E-state index contributed by atoms with van der Waals surface area (Å²) < 4.78 is 35.3. The van der Waals surface area contributed by atoms with Crippen molar-refractivity contribution < 1.29 is 32.6 Å². The smallest absolute Gasteiger partial charge is 0.326 e. The Morgan fingerprint density at radius 2 is 1.81 bits per heavy atom. The molecule has 9 nitrogen and oxygen atoms in total. The number of aliphatic carboxylic acids is 1. The van der Waals surface area contributed by atoms with Gasteiger partial charge in [-0.1, -0.05) is 49.6 Å². The number of sulfone groups is 1. The number of hydrogen-bond donors (Lipinski definition) is 2. The molecule has 0 spiro atoms. The summed E-state index contributed by atoms with van der Waals surface area (Å²) in [4.78, 5) is 27.7. The van der Waals surface area contributed by atoms with Crippen molar-refractivity contribution in [2.75, 3.05) is 32.3 Å². The van der Waals surface area contributed by atoms with Crippen LogP contribution in [0.5, 0.6) is 0 Å². The average Bonchev–Trinajstić information content (AvgIpc) is 3.31. The summed E-state index contributed by atoms with van der Waals surface area (Å²) in [5.74, 6) is -2.16. The van der Waals surface area contributed by atoms with Crippen LogP contribution in [-0.2, 0) is 30.7 Å². The minimum Gasteiger partial charge on any atom is -0.480 e. The molecule has 1 saturated heterocycles. The van der Waals surface area contributed by atoms with Crippen molar-refractivity contribution in [1.82, 2.24) is 10.2 Å². The van der Waals surface area contributed by atoms with E-state index in [4.69, 9.17) is 9.47 Å². The van der Waals surface area contributed by atoms with Crippen molar-refractivity contribution in [2.45, 2.75) is 82.7 Å². The fourth-order valence-electron chi connectivity index (χ4n) is 6.11. The van der Waals surface area contributed by atoms with Crippen molar-refractivity contribution in [1.29, 1.82) is 0 Å². The molecule has 42 heavy (non-hydrogen) atoms. The molecule has 0 radical (unpaired) electrons. The lowest BCUT2D eigenvalue weighted by Gasteiger charge is -2.26. The number of carbonyl (C=O) groups excluding carboxylic acids is 1. The molecule has 0 aromatic heterocycles. The van der Waals surface area contributed by atoms with E-state index in [0.29, 0.717) is 30.4 Å². The molecule has 2 aromatic rings. The molecule has 10 heteroatoms. The molecule has 1 unspecified atom stereocenters. The van der Waals surface area contributed by atoms with Gasteiger partial charge in [-0.3, -0.25) is 9.69 Å². The normalized spacial score (nSPS) is 20.8. The van der Waals surface area contributed by atoms with Crippen LogP contribution in [0.25, 0.3) is 11.1 Å². The minimum atomic E-state index is -3.39. The minimum absolute atomic E-state index is 0.161. The van der Waals surface area contributed by atoms with Crippen LogP contribution < -0.4 is 5.32 Å². The monoisotopic (exact) mass is 600 g/mol. The Bertz CT molecular complexity index is 1340. The van der Waals surface area contributed by atoms with Crippen molar-refractivity contribution in [2.24, 2.45) is 0 Å². The molecule has 0 bridgehead atoms. The third kappa shape index (κ3) is 8.86. The Balaban J connectivity index is 1.57. The standard InChI is InChI=1S/C32H44N2O7S/c1-22-9-7-8-12-27(22)29-17-23(13-14-28(29)31(35)33-30(32(36)37)15-16-42(3,38)39)19-34-20-26(18-24(34)21-40-2)41-25-10-5-4-6-11-25/h7-9,12-14,17,24-26,30H,4-6,10-11,15-16,18-21H2,1-3H3,(H,33,35)(H,36,37)/t24-,26?,30+/m1/s1. The third-order valence-corrected chi connectivity index (χ3v) is 9.29. The second-order valence-corrected chi connectivity index (χ2v) is 14.0. The molecule has 1 amide bonds. The lowest BCUT2D eigenvalue weighted by molar-refractivity contribution is -0.139. The van der Waals surface area contributed by atoms with Crippen LogP contribution in [-0.4, -0.2) is 86.9 Å². The van der Waals surface area contributed by atoms with E-state index in [0.717, 1.165) is 48.8 Å². The van der Waals surface area contributed by atoms with E-state index in [9.17, 15) is 23.1 Å². The van der Waals surface area contributed by atoms with Crippen LogP contribution in [0.15, 0.2) is 42.5 Å². The average molecular weight is 601 g/mol. The molecule has 230 valence electrons. The third-order valence-electron chi connectivity index (χ3n) is 8.32. The number of benzene rings is 2. The van der Waals surface area contributed by atoms with E-state index >= 15 is 0 Å². The number of hydrogen-bond acceptors (Lipinski definition) is 7. The van der Waals surface area contributed by atoms with Gasteiger partial charge in [0.05, 0.1) is 24.6 Å². The lowest BCUT2D eigenvalue weighted by atomic mass is 9.93. The number of likely N-dealkylation sites (tertiary alicyclic amines) is 1. The van der Waals surface area contributed by atoms with Gasteiger partial charge in [-0.25, -0.2) is 13.2 Å². The predicted molar refractivity (Wildman–Crippen MR) is 162 cm³/mol. The Hall–Kier alpha value is -2.79. The number of nitrogens with zero attached hydrogens (tertiary/aromatic N) is 1. The van der Waals surface area contributed by atoms with E-state index < -0.39 is 27.8 Å².